The van der Waals surface area contributed by atoms with Crippen molar-refractivity contribution in [3.63, 3.8) is 0 Å². The first-order valence-electron chi connectivity index (χ1n) is 5.42. The zero-order chi connectivity index (χ0) is 9.78. The highest BCUT2D eigenvalue weighted by molar-refractivity contribution is 4.45. The van der Waals surface area contributed by atoms with Gasteiger partial charge in [0.25, 0.3) is 0 Å². The van der Waals surface area contributed by atoms with Gasteiger partial charge < -0.3 is 0 Å². The number of hydrogen-bond acceptors (Lipinski definition) is 3. The van der Waals surface area contributed by atoms with Crippen molar-refractivity contribution in [2.75, 3.05) is 6.61 Å². The van der Waals surface area contributed by atoms with Crippen molar-refractivity contribution in [2.24, 2.45) is 0 Å². The SMILES string of the molecule is CCCCCCCCCCONO. The summed E-state index contributed by atoms with van der Waals surface area (Å²) in [5, 5.41) is 8.09. The van der Waals surface area contributed by atoms with Crippen LogP contribution in [0, 0.1) is 0 Å². The monoisotopic (exact) mass is 189 g/mol. The lowest BCUT2D eigenvalue weighted by Gasteiger charge is -2.01. The Morgan fingerprint density at radius 3 is 2.00 bits per heavy atom. The molecule has 0 aliphatic carbocycles. The zero-order valence-corrected chi connectivity index (χ0v) is 8.72. The second-order valence-corrected chi connectivity index (χ2v) is 3.41. The van der Waals surface area contributed by atoms with Crippen molar-refractivity contribution in [3.8, 4) is 0 Å². The molecule has 0 fully saturated rings. The Morgan fingerprint density at radius 1 is 0.923 bits per heavy atom. The third kappa shape index (κ3) is 11.9. The van der Waals surface area contributed by atoms with Crippen molar-refractivity contribution >= 4 is 0 Å². The van der Waals surface area contributed by atoms with Gasteiger partial charge in [0, 0.05) is 0 Å². The summed E-state index contributed by atoms with van der Waals surface area (Å²) < 4.78 is 0. The van der Waals surface area contributed by atoms with E-state index in [1.165, 1.54) is 44.9 Å². The minimum atomic E-state index is 0.603. The first-order valence-corrected chi connectivity index (χ1v) is 5.42. The van der Waals surface area contributed by atoms with Gasteiger partial charge in [0.1, 0.15) is 0 Å². The largest absolute Gasteiger partial charge is 0.292 e. The standard InChI is InChI=1S/C10H23NO2/c1-2-3-4-5-6-7-8-9-10-13-11-12/h11-12H,2-10H2,1H3. The van der Waals surface area contributed by atoms with Crippen molar-refractivity contribution in [2.45, 2.75) is 58.3 Å². The highest BCUT2D eigenvalue weighted by Gasteiger charge is 1.91. The lowest BCUT2D eigenvalue weighted by molar-refractivity contribution is -0.127. The molecule has 0 aromatic heterocycles. The van der Waals surface area contributed by atoms with E-state index in [0.717, 1.165) is 6.42 Å². The summed E-state index contributed by atoms with van der Waals surface area (Å²) in [6.45, 7) is 2.84. The van der Waals surface area contributed by atoms with Crippen molar-refractivity contribution in [1.29, 1.82) is 0 Å². The van der Waals surface area contributed by atoms with Gasteiger partial charge in [-0.25, -0.2) is 0 Å². The van der Waals surface area contributed by atoms with E-state index in [2.05, 4.69) is 11.8 Å². The van der Waals surface area contributed by atoms with E-state index in [0.29, 0.717) is 6.61 Å². The molecule has 0 amide bonds. The smallest absolute Gasteiger partial charge is 0.0709 e. The topological polar surface area (TPSA) is 41.5 Å². The fourth-order valence-corrected chi connectivity index (χ4v) is 1.35. The summed E-state index contributed by atoms with van der Waals surface area (Å²) in [5.74, 6) is 0. The molecule has 0 aliphatic heterocycles. The molecule has 0 saturated carbocycles. The van der Waals surface area contributed by atoms with Crippen LogP contribution in [-0.2, 0) is 4.84 Å². The van der Waals surface area contributed by atoms with Crippen molar-refractivity contribution in [1.82, 2.24) is 5.64 Å². The van der Waals surface area contributed by atoms with Gasteiger partial charge in [-0.2, -0.15) is 0 Å². The van der Waals surface area contributed by atoms with Crippen LogP contribution < -0.4 is 5.64 Å². The summed E-state index contributed by atoms with van der Waals surface area (Å²) >= 11 is 0. The van der Waals surface area contributed by atoms with E-state index in [9.17, 15) is 0 Å². The molecule has 3 heteroatoms. The minimum absolute atomic E-state index is 0.603. The second kappa shape index (κ2) is 11.9. The average Bonchev–Trinajstić information content (AvgIpc) is 2.16. The lowest BCUT2D eigenvalue weighted by Crippen LogP contribution is -2.08. The van der Waals surface area contributed by atoms with Gasteiger partial charge in [0.05, 0.1) is 6.61 Å². The van der Waals surface area contributed by atoms with Crippen LogP contribution >= 0.6 is 0 Å². The minimum Gasteiger partial charge on any atom is -0.292 e. The van der Waals surface area contributed by atoms with Gasteiger partial charge in [-0.1, -0.05) is 57.5 Å². The highest BCUT2D eigenvalue weighted by atomic mass is 16.8. The van der Waals surface area contributed by atoms with E-state index in [4.69, 9.17) is 5.21 Å². The maximum Gasteiger partial charge on any atom is 0.0709 e. The summed E-state index contributed by atoms with van der Waals surface area (Å²) in [4.78, 5) is 4.58. The molecule has 0 atom stereocenters. The quantitative estimate of drug-likeness (QED) is 0.410. The zero-order valence-electron chi connectivity index (χ0n) is 8.72. The van der Waals surface area contributed by atoms with Gasteiger partial charge in [0.15, 0.2) is 0 Å². The van der Waals surface area contributed by atoms with Gasteiger partial charge >= 0.3 is 0 Å². The molecule has 0 rings (SSSR count). The first kappa shape index (κ1) is 12.9. The Bertz CT molecular complexity index is 79.0. The molecule has 13 heavy (non-hydrogen) atoms. The molecule has 0 heterocycles. The summed E-state index contributed by atoms with van der Waals surface area (Å²) in [7, 11) is 0. The van der Waals surface area contributed by atoms with Gasteiger partial charge in [-0.05, 0) is 6.42 Å². The Balaban J connectivity index is 2.76. The molecular formula is C10H23NO2. The molecule has 0 unspecified atom stereocenters. The molecule has 3 nitrogen and oxygen atoms in total. The maximum absolute atomic E-state index is 8.09. The lowest BCUT2D eigenvalue weighted by atomic mass is 10.1. The van der Waals surface area contributed by atoms with Crippen LogP contribution in [0.15, 0.2) is 0 Å². The third-order valence-electron chi connectivity index (χ3n) is 2.16. The first-order chi connectivity index (χ1) is 6.41. The van der Waals surface area contributed by atoms with Gasteiger partial charge in [-0.3, -0.25) is 10.0 Å². The van der Waals surface area contributed by atoms with Crippen molar-refractivity contribution < 1.29 is 10.0 Å². The van der Waals surface area contributed by atoms with Crippen LogP contribution in [0.1, 0.15) is 58.3 Å². The Kier molecular flexibility index (Phi) is 11.8. The Labute approximate surface area is 81.4 Å². The van der Waals surface area contributed by atoms with Crippen molar-refractivity contribution in [3.05, 3.63) is 0 Å². The molecule has 0 aromatic rings. The van der Waals surface area contributed by atoms with Crippen LogP contribution in [0.4, 0.5) is 0 Å². The Hall–Kier alpha value is -0.120. The molecular weight excluding hydrogens is 166 g/mol. The van der Waals surface area contributed by atoms with Crippen LogP contribution in [-0.4, -0.2) is 11.8 Å². The van der Waals surface area contributed by atoms with E-state index in [1.54, 1.807) is 5.64 Å². The van der Waals surface area contributed by atoms with Crippen LogP contribution in [0.3, 0.4) is 0 Å². The van der Waals surface area contributed by atoms with Gasteiger partial charge in [-0.15, -0.1) is 0 Å². The fraction of sp³-hybridized carbons (Fsp3) is 1.00. The van der Waals surface area contributed by atoms with E-state index < -0.39 is 0 Å². The molecule has 0 spiro atoms. The molecule has 2 N–H and O–H groups in total. The van der Waals surface area contributed by atoms with Crippen LogP contribution in [0.5, 0.6) is 0 Å². The summed E-state index contributed by atoms with van der Waals surface area (Å²) in [6, 6.07) is 0. The number of hydrogen-bond donors (Lipinski definition) is 2. The molecule has 80 valence electrons. The average molecular weight is 189 g/mol. The number of rotatable bonds is 10. The summed E-state index contributed by atoms with van der Waals surface area (Å²) in [5.41, 5.74) is 1.69. The Morgan fingerprint density at radius 2 is 1.46 bits per heavy atom. The predicted octanol–water partition coefficient (Wildman–Crippen LogP) is 3.04. The van der Waals surface area contributed by atoms with E-state index >= 15 is 0 Å². The van der Waals surface area contributed by atoms with Crippen LogP contribution in [0.2, 0.25) is 0 Å². The fourth-order valence-electron chi connectivity index (χ4n) is 1.35. The molecule has 0 bridgehead atoms. The summed E-state index contributed by atoms with van der Waals surface area (Å²) in [6.07, 6.45) is 10.3. The van der Waals surface area contributed by atoms with E-state index in [-0.39, 0.29) is 0 Å². The molecule has 0 aliphatic rings. The highest BCUT2D eigenvalue weighted by Crippen LogP contribution is 2.07. The normalized spacial score (nSPS) is 10.6. The number of nitrogens with one attached hydrogen (secondary N) is 1. The van der Waals surface area contributed by atoms with Crippen LogP contribution in [0.25, 0.3) is 0 Å². The molecule has 0 radical (unpaired) electrons. The van der Waals surface area contributed by atoms with Gasteiger partial charge in [0.2, 0.25) is 0 Å². The number of unbranched alkanes of at least 4 members (excludes halogenated alkanes) is 7. The predicted molar refractivity (Wildman–Crippen MR) is 53.5 cm³/mol. The third-order valence-corrected chi connectivity index (χ3v) is 2.16. The van der Waals surface area contributed by atoms with E-state index in [1.807, 2.05) is 0 Å². The maximum atomic E-state index is 8.09. The molecule has 0 aromatic carbocycles. The molecule has 0 saturated heterocycles. The second-order valence-electron chi connectivity index (χ2n) is 3.41.